The van der Waals surface area contributed by atoms with Crippen LogP contribution in [0.1, 0.15) is 12.0 Å². The van der Waals surface area contributed by atoms with E-state index in [-0.39, 0.29) is 12.4 Å². The van der Waals surface area contributed by atoms with E-state index >= 15 is 0 Å². The van der Waals surface area contributed by atoms with Gasteiger partial charge in [0.1, 0.15) is 18.2 Å². The quantitative estimate of drug-likeness (QED) is 0.197. The van der Waals surface area contributed by atoms with Crippen LogP contribution < -0.4 is 4.74 Å². The Bertz CT molecular complexity index is 1210. The smallest absolute Gasteiger partial charge is 0.264 e. The molecule has 0 amide bonds. The van der Waals surface area contributed by atoms with E-state index in [0.29, 0.717) is 36.8 Å². The molecular weight excluding hydrogens is 486 g/mol. The summed E-state index contributed by atoms with van der Waals surface area (Å²) in [7, 11) is -4.60. The van der Waals surface area contributed by atoms with Crippen LogP contribution in [-0.4, -0.2) is 55.8 Å². The van der Waals surface area contributed by atoms with E-state index in [1.165, 1.54) is 6.07 Å². The molecule has 1 aromatic carbocycles. The second-order valence-corrected chi connectivity index (χ2v) is 16.7. The van der Waals surface area contributed by atoms with Gasteiger partial charge in [-0.25, -0.2) is 9.67 Å². The predicted octanol–water partition coefficient (Wildman–Crippen LogP) is 4.66. The lowest BCUT2D eigenvalue weighted by Crippen LogP contribution is -2.22. The fraction of sp³-hybridized carbons (Fsp3) is 0.417. The number of aromatic nitrogens is 3. The van der Waals surface area contributed by atoms with E-state index in [0.717, 1.165) is 30.2 Å². The van der Waals surface area contributed by atoms with E-state index in [1.54, 1.807) is 35.3 Å². The van der Waals surface area contributed by atoms with Crippen molar-refractivity contribution in [2.45, 2.75) is 45.3 Å². The van der Waals surface area contributed by atoms with Crippen LogP contribution in [0.5, 0.6) is 17.4 Å². The van der Waals surface area contributed by atoms with Gasteiger partial charge in [0, 0.05) is 44.8 Å². The van der Waals surface area contributed by atoms with Crippen LogP contribution in [0.4, 0.5) is 0 Å². The molecule has 0 aliphatic carbocycles. The Kier molecular flexibility index (Phi) is 9.06. The van der Waals surface area contributed by atoms with Crippen molar-refractivity contribution in [2.75, 3.05) is 19.5 Å². The van der Waals surface area contributed by atoms with E-state index in [2.05, 4.69) is 29.7 Å². The molecule has 2 heterocycles. The SMILES string of the molecule is C[Si](C)(C)CCOCn1nccc1-c1ccc(Oc2ccc(CCCOS(C)(=O)=O)c(O)c2)nc1. The lowest BCUT2D eigenvalue weighted by molar-refractivity contribution is 0.0798. The van der Waals surface area contributed by atoms with Gasteiger partial charge >= 0.3 is 0 Å². The molecule has 0 saturated carbocycles. The van der Waals surface area contributed by atoms with Crippen LogP contribution in [0, 0.1) is 0 Å². The highest BCUT2D eigenvalue weighted by atomic mass is 32.2. The third-order valence-electron chi connectivity index (χ3n) is 5.13. The summed E-state index contributed by atoms with van der Waals surface area (Å²) in [5.74, 6) is 0.899. The molecule has 0 bridgehead atoms. The first-order valence-corrected chi connectivity index (χ1v) is 16.9. The standard InChI is InChI=1S/C24H33N3O6SSi/c1-34(29,30)32-13-5-6-19-7-9-21(16-23(19)28)33-24-10-8-20(17-25-24)22-11-12-26-27(22)18-31-14-15-35(2,3)4/h7-12,16-17,28H,5-6,13-15,18H2,1-4H3. The number of hydrogen-bond acceptors (Lipinski definition) is 8. The summed E-state index contributed by atoms with van der Waals surface area (Å²) in [4.78, 5) is 4.38. The number of pyridine rings is 1. The molecule has 11 heteroatoms. The molecule has 0 radical (unpaired) electrons. The monoisotopic (exact) mass is 519 g/mol. The van der Waals surface area contributed by atoms with Gasteiger partial charge in [0.25, 0.3) is 10.1 Å². The highest BCUT2D eigenvalue weighted by Gasteiger charge is 2.13. The third-order valence-corrected chi connectivity index (χ3v) is 7.42. The highest BCUT2D eigenvalue weighted by molar-refractivity contribution is 7.85. The Morgan fingerprint density at radius 3 is 2.54 bits per heavy atom. The third kappa shape index (κ3) is 9.09. The average Bonchev–Trinajstić information content (AvgIpc) is 3.23. The van der Waals surface area contributed by atoms with Gasteiger partial charge in [-0.2, -0.15) is 13.5 Å². The summed E-state index contributed by atoms with van der Waals surface area (Å²) < 4.78 is 40.1. The Morgan fingerprint density at radius 1 is 1.09 bits per heavy atom. The molecular formula is C24H33N3O6SSi. The van der Waals surface area contributed by atoms with Crippen LogP contribution in [0.25, 0.3) is 11.3 Å². The maximum absolute atomic E-state index is 11.0. The van der Waals surface area contributed by atoms with Crippen LogP contribution >= 0.6 is 0 Å². The molecule has 1 N–H and O–H groups in total. The minimum Gasteiger partial charge on any atom is -0.508 e. The van der Waals surface area contributed by atoms with E-state index in [9.17, 15) is 13.5 Å². The van der Waals surface area contributed by atoms with Crippen LogP contribution in [-0.2, 0) is 32.2 Å². The summed E-state index contributed by atoms with van der Waals surface area (Å²) in [5.41, 5.74) is 2.47. The number of benzene rings is 1. The number of nitrogens with zero attached hydrogens (tertiary/aromatic N) is 3. The van der Waals surface area contributed by atoms with Crippen LogP contribution in [0.15, 0.2) is 48.8 Å². The molecule has 0 saturated heterocycles. The second kappa shape index (κ2) is 11.8. The fourth-order valence-electron chi connectivity index (χ4n) is 3.21. The fourth-order valence-corrected chi connectivity index (χ4v) is 4.39. The molecule has 2 aromatic heterocycles. The van der Waals surface area contributed by atoms with Gasteiger partial charge in [0.2, 0.25) is 5.88 Å². The van der Waals surface area contributed by atoms with Crippen LogP contribution in [0.3, 0.4) is 0 Å². The summed E-state index contributed by atoms with van der Waals surface area (Å²) in [6.45, 7) is 8.14. The maximum atomic E-state index is 11.0. The number of rotatable bonds is 13. The normalized spacial score (nSPS) is 12.1. The molecule has 0 atom stereocenters. The number of aryl methyl sites for hydroxylation is 1. The van der Waals surface area contributed by atoms with Gasteiger partial charge < -0.3 is 14.6 Å². The maximum Gasteiger partial charge on any atom is 0.264 e. The Hall–Kier alpha value is -2.73. The molecule has 3 rings (SSSR count). The number of phenols is 1. The predicted molar refractivity (Wildman–Crippen MR) is 137 cm³/mol. The Labute approximate surface area is 207 Å². The lowest BCUT2D eigenvalue weighted by atomic mass is 10.1. The summed E-state index contributed by atoms with van der Waals surface area (Å²) >= 11 is 0. The molecule has 0 aliphatic heterocycles. The summed E-state index contributed by atoms with van der Waals surface area (Å²) in [6.07, 6.45) is 5.39. The minimum absolute atomic E-state index is 0.0658. The highest BCUT2D eigenvalue weighted by Crippen LogP contribution is 2.28. The number of aromatic hydroxyl groups is 1. The van der Waals surface area contributed by atoms with Crippen LogP contribution in [0.2, 0.25) is 25.7 Å². The van der Waals surface area contributed by atoms with Crippen molar-refractivity contribution < 1.29 is 27.2 Å². The minimum atomic E-state index is -3.46. The van der Waals surface area contributed by atoms with Crippen molar-refractivity contribution in [3.63, 3.8) is 0 Å². The first-order valence-electron chi connectivity index (χ1n) is 11.4. The first kappa shape index (κ1) is 26.9. The average molecular weight is 520 g/mol. The zero-order chi connectivity index (χ0) is 25.5. The van der Waals surface area contributed by atoms with Crippen molar-refractivity contribution in [1.82, 2.24) is 14.8 Å². The molecule has 0 unspecified atom stereocenters. The number of phenolic OH excluding ortho intramolecular Hbond substituents is 1. The van der Waals surface area contributed by atoms with Gasteiger partial charge in [-0.3, -0.25) is 4.18 Å². The van der Waals surface area contributed by atoms with Crippen molar-refractivity contribution in [3.8, 4) is 28.6 Å². The van der Waals surface area contributed by atoms with E-state index in [4.69, 9.17) is 13.7 Å². The number of ether oxygens (including phenoxy) is 2. The van der Waals surface area contributed by atoms with Gasteiger partial charge in [-0.1, -0.05) is 25.7 Å². The van der Waals surface area contributed by atoms with E-state index in [1.807, 2.05) is 12.1 Å². The molecule has 3 aromatic rings. The molecule has 0 spiro atoms. The van der Waals surface area contributed by atoms with Gasteiger partial charge in [0.15, 0.2) is 0 Å². The summed E-state index contributed by atoms with van der Waals surface area (Å²) in [6, 6.07) is 11.6. The largest absolute Gasteiger partial charge is 0.508 e. The molecule has 9 nitrogen and oxygen atoms in total. The van der Waals surface area contributed by atoms with Crippen molar-refractivity contribution >= 4 is 18.2 Å². The Balaban J connectivity index is 1.55. The topological polar surface area (TPSA) is 113 Å². The first-order chi connectivity index (χ1) is 16.5. The van der Waals surface area contributed by atoms with Crippen molar-refractivity contribution in [3.05, 3.63) is 54.4 Å². The van der Waals surface area contributed by atoms with Crippen molar-refractivity contribution in [2.24, 2.45) is 0 Å². The Morgan fingerprint density at radius 2 is 1.89 bits per heavy atom. The number of hydrogen-bond donors (Lipinski definition) is 1. The van der Waals surface area contributed by atoms with E-state index < -0.39 is 18.2 Å². The molecule has 190 valence electrons. The molecule has 0 aliphatic rings. The molecule has 0 fully saturated rings. The lowest BCUT2D eigenvalue weighted by Gasteiger charge is -2.16. The summed E-state index contributed by atoms with van der Waals surface area (Å²) in [5, 5.41) is 14.6. The zero-order valence-electron chi connectivity index (χ0n) is 20.6. The van der Waals surface area contributed by atoms with Gasteiger partial charge in [0.05, 0.1) is 18.6 Å². The zero-order valence-corrected chi connectivity index (χ0v) is 22.4. The van der Waals surface area contributed by atoms with Crippen molar-refractivity contribution in [1.29, 1.82) is 0 Å². The van der Waals surface area contributed by atoms with Gasteiger partial charge in [-0.15, -0.1) is 0 Å². The van der Waals surface area contributed by atoms with Gasteiger partial charge in [-0.05, 0) is 42.6 Å². The molecule has 35 heavy (non-hydrogen) atoms. The second-order valence-electron chi connectivity index (χ2n) is 9.47.